The molecule has 3 amide bonds. The zero-order valence-electron chi connectivity index (χ0n) is 23.7. The van der Waals surface area contributed by atoms with Gasteiger partial charge in [0.15, 0.2) is 0 Å². The minimum absolute atomic E-state index is 0.116. The average molecular weight is 580 g/mol. The first-order valence-corrected chi connectivity index (χ1v) is 14.5. The van der Waals surface area contributed by atoms with Crippen molar-refractivity contribution in [3.63, 3.8) is 0 Å². The maximum absolute atomic E-state index is 13.3. The topological polar surface area (TPSA) is 96.5 Å². The maximum Gasteiger partial charge on any atom is 0.272 e. The van der Waals surface area contributed by atoms with Gasteiger partial charge in [-0.25, -0.2) is 0 Å². The summed E-state index contributed by atoms with van der Waals surface area (Å²) in [5.41, 5.74) is 3.57. The molecule has 1 atom stereocenters. The van der Waals surface area contributed by atoms with Crippen LogP contribution in [0.2, 0.25) is 0 Å². The largest absolute Gasteiger partial charge is 0.492 e. The fourth-order valence-corrected chi connectivity index (χ4v) is 4.89. The van der Waals surface area contributed by atoms with E-state index in [0.29, 0.717) is 29.3 Å². The van der Waals surface area contributed by atoms with Crippen molar-refractivity contribution in [1.82, 2.24) is 5.32 Å². The SMILES string of the molecule is CCOc1ccccc1NC(=O)C(C)Sc1ccc(NC(=O)/C(=C/c2cccc(C)c2)NC(=O)c2ccccc2)cc1. The van der Waals surface area contributed by atoms with Crippen molar-refractivity contribution in [3.05, 3.63) is 126 Å². The molecule has 4 aromatic rings. The lowest BCUT2D eigenvalue weighted by Crippen LogP contribution is -2.30. The maximum atomic E-state index is 13.3. The number of ether oxygens (including phenoxy) is 1. The second-order valence-electron chi connectivity index (χ2n) is 9.45. The third kappa shape index (κ3) is 8.59. The van der Waals surface area contributed by atoms with Gasteiger partial charge in [-0.15, -0.1) is 11.8 Å². The van der Waals surface area contributed by atoms with Gasteiger partial charge in [-0.3, -0.25) is 14.4 Å². The van der Waals surface area contributed by atoms with E-state index in [1.54, 1.807) is 42.5 Å². The quantitative estimate of drug-likeness (QED) is 0.132. The third-order valence-corrected chi connectivity index (χ3v) is 7.23. The highest BCUT2D eigenvalue weighted by Crippen LogP contribution is 2.28. The summed E-state index contributed by atoms with van der Waals surface area (Å²) in [4.78, 5) is 39.9. The summed E-state index contributed by atoms with van der Waals surface area (Å²) < 4.78 is 5.60. The number of amides is 3. The van der Waals surface area contributed by atoms with Crippen LogP contribution in [0.25, 0.3) is 6.08 Å². The Labute approximate surface area is 250 Å². The molecular formula is C34H33N3O4S. The molecule has 0 aliphatic rings. The number of benzene rings is 4. The van der Waals surface area contributed by atoms with E-state index in [1.807, 2.05) is 87.5 Å². The van der Waals surface area contributed by atoms with Crippen LogP contribution >= 0.6 is 11.8 Å². The number of carbonyl (C=O) groups excluding carboxylic acids is 3. The van der Waals surface area contributed by atoms with Crippen LogP contribution in [0, 0.1) is 6.92 Å². The van der Waals surface area contributed by atoms with Crippen molar-refractivity contribution in [2.75, 3.05) is 17.2 Å². The van der Waals surface area contributed by atoms with Gasteiger partial charge in [0.2, 0.25) is 5.91 Å². The summed E-state index contributed by atoms with van der Waals surface area (Å²) in [6, 6.07) is 30.9. The van der Waals surface area contributed by atoms with Crippen LogP contribution in [0.3, 0.4) is 0 Å². The Balaban J connectivity index is 1.42. The number of hydrogen-bond acceptors (Lipinski definition) is 5. The Kier molecular flexibility index (Phi) is 10.6. The molecule has 0 heterocycles. The Morgan fingerprint density at radius 1 is 0.857 bits per heavy atom. The molecule has 214 valence electrons. The minimum Gasteiger partial charge on any atom is -0.492 e. The predicted octanol–water partition coefficient (Wildman–Crippen LogP) is 6.92. The molecule has 8 heteroatoms. The van der Waals surface area contributed by atoms with Crippen molar-refractivity contribution in [2.45, 2.75) is 30.9 Å². The minimum atomic E-state index is -0.457. The van der Waals surface area contributed by atoms with Gasteiger partial charge in [-0.1, -0.05) is 60.2 Å². The average Bonchev–Trinajstić information content (AvgIpc) is 2.99. The fourth-order valence-electron chi connectivity index (χ4n) is 4.03. The predicted molar refractivity (Wildman–Crippen MR) is 170 cm³/mol. The van der Waals surface area contributed by atoms with E-state index in [-0.39, 0.29) is 22.8 Å². The van der Waals surface area contributed by atoms with Gasteiger partial charge >= 0.3 is 0 Å². The van der Waals surface area contributed by atoms with Crippen molar-refractivity contribution in [1.29, 1.82) is 0 Å². The molecular weight excluding hydrogens is 546 g/mol. The van der Waals surface area contributed by atoms with Crippen molar-refractivity contribution in [2.24, 2.45) is 0 Å². The summed E-state index contributed by atoms with van der Waals surface area (Å²) >= 11 is 1.40. The molecule has 4 aromatic carbocycles. The van der Waals surface area contributed by atoms with Gasteiger partial charge in [-0.05, 0) is 80.9 Å². The summed E-state index contributed by atoms with van der Waals surface area (Å²) in [7, 11) is 0. The molecule has 0 bridgehead atoms. The number of thioether (sulfide) groups is 1. The molecule has 0 radical (unpaired) electrons. The smallest absolute Gasteiger partial charge is 0.272 e. The Morgan fingerprint density at radius 2 is 1.57 bits per heavy atom. The number of anilines is 2. The van der Waals surface area contributed by atoms with Crippen molar-refractivity contribution >= 4 is 46.9 Å². The molecule has 1 unspecified atom stereocenters. The highest BCUT2D eigenvalue weighted by molar-refractivity contribution is 8.00. The Hall–Kier alpha value is -4.82. The van der Waals surface area contributed by atoms with Crippen LogP contribution in [0.1, 0.15) is 35.3 Å². The number of hydrogen-bond donors (Lipinski definition) is 3. The Bertz CT molecular complexity index is 1570. The monoisotopic (exact) mass is 579 g/mol. The van der Waals surface area contributed by atoms with Gasteiger partial charge in [-0.2, -0.15) is 0 Å². The van der Waals surface area contributed by atoms with Crippen LogP contribution < -0.4 is 20.7 Å². The summed E-state index contributed by atoms with van der Waals surface area (Å²) in [5, 5.41) is 8.17. The molecule has 42 heavy (non-hydrogen) atoms. The number of nitrogens with one attached hydrogen (secondary N) is 3. The molecule has 7 nitrogen and oxygen atoms in total. The summed E-state index contributed by atoms with van der Waals surface area (Å²) in [5.74, 6) is -0.361. The first-order valence-electron chi connectivity index (χ1n) is 13.6. The molecule has 0 saturated carbocycles. The highest BCUT2D eigenvalue weighted by atomic mass is 32.2. The van der Waals surface area contributed by atoms with Crippen LogP contribution in [-0.2, 0) is 9.59 Å². The highest BCUT2D eigenvalue weighted by Gasteiger charge is 2.18. The van der Waals surface area contributed by atoms with E-state index in [2.05, 4.69) is 16.0 Å². The lowest BCUT2D eigenvalue weighted by atomic mass is 10.1. The van der Waals surface area contributed by atoms with E-state index in [1.165, 1.54) is 11.8 Å². The van der Waals surface area contributed by atoms with Gasteiger partial charge in [0, 0.05) is 16.1 Å². The molecule has 4 rings (SSSR count). The molecule has 3 N–H and O–H groups in total. The van der Waals surface area contributed by atoms with E-state index in [9.17, 15) is 14.4 Å². The van der Waals surface area contributed by atoms with Crippen LogP contribution in [0.15, 0.2) is 114 Å². The van der Waals surface area contributed by atoms with Crippen LogP contribution in [-0.4, -0.2) is 29.6 Å². The molecule has 0 aromatic heterocycles. The number of para-hydroxylation sites is 2. The molecule has 0 saturated heterocycles. The third-order valence-electron chi connectivity index (χ3n) is 6.12. The van der Waals surface area contributed by atoms with E-state index < -0.39 is 5.91 Å². The fraction of sp³-hybridized carbons (Fsp3) is 0.147. The van der Waals surface area contributed by atoms with Gasteiger partial charge < -0.3 is 20.7 Å². The van der Waals surface area contributed by atoms with E-state index >= 15 is 0 Å². The van der Waals surface area contributed by atoms with Crippen LogP contribution in [0.4, 0.5) is 11.4 Å². The first kappa shape index (κ1) is 30.1. The zero-order chi connectivity index (χ0) is 29.9. The molecule has 0 aliphatic carbocycles. The number of rotatable bonds is 11. The molecule has 0 fully saturated rings. The number of carbonyl (C=O) groups is 3. The normalized spacial score (nSPS) is 11.7. The lowest BCUT2D eigenvalue weighted by molar-refractivity contribution is -0.115. The second kappa shape index (κ2) is 14.7. The number of aryl methyl sites for hydroxylation is 1. The zero-order valence-corrected chi connectivity index (χ0v) is 24.5. The first-order chi connectivity index (χ1) is 20.3. The summed E-state index contributed by atoms with van der Waals surface area (Å²) in [6.07, 6.45) is 1.65. The van der Waals surface area contributed by atoms with Gasteiger partial charge in [0.1, 0.15) is 11.4 Å². The van der Waals surface area contributed by atoms with E-state index in [4.69, 9.17) is 4.74 Å². The Morgan fingerprint density at radius 3 is 2.29 bits per heavy atom. The standard InChI is InChI=1S/C34H33N3O4S/c1-4-41-31-16-9-8-15-29(31)36-32(38)24(3)42-28-19-17-27(18-20-28)35-34(40)30(22-25-12-10-11-23(2)21-25)37-33(39)26-13-6-5-7-14-26/h5-22,24H,4H2,1-3H3,(H,35,40)(H,36,38)(H,37,39)/b30-22-. The van der Waals surface area contributed by atoms with Gasteiger partial charge in [0.05, 0.1) is 17.5 Å². The summed E-state index contributed by atoms with van der Waals surface area (Å²) in [6.45, 7) is 6.19. The van der Waals surface area contributed by atoms with Crippen LogP contribution in [0.5, 0.6) is 5.75 Å². The molecule has 0 spiro atoms. The molecule has 0 aliphatic heterocycles. The van der Waals surface area contributed by atoms with Crippen molar-refractivity contribution in [3.8, 4) is 5.75 Å². The van der Waals surface area contributed by atoms with Crippen molar-refractivity contribution < 1.29 is 19.1 Å². The lowest BCUT2D eigenvalue weighted by Gasteiger charge is -2.15. The second-order valence-corrected chi connectivity index (χ2v) is 10.9. The van der Waals surface area contributed by atoms with Gasteiger partial charge in [0.25, 0.3) is 11.8 Å². The van der Waals surface area contributed by atoms with E-state index in [0.717, 1.165) is 16.0 Å².